The summed E-state index contributed by atoms with van der Waals surface area (Å²) in [4.78, 5) is 9.13. The van der Waals surface area contributed by atoms with Crippen molar-refractivity contribution in [1.29, 1.82) is 0 Å². The number of rotatable bonds is 3. The van der Waals surface area contributed by atoms with Crippen LogP contribution in [0.3, 0.4) is 0 Å². The molecule has 0 bridgehead atoms. The lowest BCUT2D eigenvalue weighted by Crippen LogP contribution is -2.15. The summed E-state index contributed by atoms with van der Waals surface area (Å²) in [5.41, 5.74) is 1.20. The van der Waals surface area contributed by atoms with Crippen LogP contribution in [0.15, 0.2) is 12.5 Å². The molecule has 0 aliphatic carbocycles. The van der Waals surface area contributed by atoms with Crippen molar-refractivity contribution in [3.8, 4) is 0 Å². The van der Waals surface area contributed by atoms with Crippen LogP contribution in [-0.4, -0.2) is 35.5 Å². The molecule has 0 fully saturated rings. The van der Waals surface area contributed by atoms with Crippen molar-refractivity contribution in [2.75, 3.05) is 20.6 Å². The third-order valence-electron chi connectivity index (χ3n) is 1.38. The summed E-state index contributed by atoms with van der Waals surface area (Å²) >= 11 is 0. The molecule has 3 nitrogen and oxygen atoms in total. The Morgan fingerprint density at radius 2 is 2.40 bits per heavy atom. The molecule has 1 heterocycles. The first-order chi connectivity index (χ1) is 4.79. The Morgan fingerprint density at radius 3 is 2.90 bits per heavy atom. The van der Waals surface area contributed by atoms with E-state index in [4.69, 9.17) is 0 Å². The molecule has 1 aromatic rings. The van der Waals surface area contributed by atoms with Crippen LogP contribution >= 0.6 is 0 Å². The summed E-state index contributed by atoms with van der Waals surface area (Å²) in [5, 5.41) is 0. The number of nitrogens with one attached hydrogen (secondary N) is 1. The Labute approximate surface area is 61.1 Å². The first kappa shape index (κ1) is 7.28. The number of likely N-dealkylation sites (N-methyl/N-ethyl adjacent to an activating group) is 1. The van der Waals surface area contributed by atoms with Crippen LogP contribution in [0.2, 0.25) is 0 Å². The number of hydrogen-bond donors (Lipinski definition) is 1. The Bertz CT molecular complexity index is 167. The van der Waals surface area contributed by atoms with Crippen molar-refractivity contribution in [3.63, 3.8) is 0 Å². The number of H-pyrrole nitrogens is 1. The van der Waals surface area contributed by atoms with Gasteiger partial charge in [0, 0.05) is 24.9 Å². The standard InChI is InChI=1S/C7H13N3/c1-10(2)4-3-7-5-8-6-9-7/h5-6H,3-4H2,1-2H3,(H,8,9). The Kier molecular flexibility index (Phi) is 2.45. The van der Waals surface area contributed by atoms with Crippen LogP contribution in [0, 0.1) is 0 Å². The fourth-order valence-corrected chi connectivity index (χ4v) is 0.765. The van der Waals surface area contributed by atoms with E-state index in [1.807, 2.05) is 6.20 Å². The average molecular weight is 139 g/mol. The highest BCUT2D eigenvalue weighted by Crippen LogP contribution is 1.92. The molecule has 0 aliphatic heterocycles. The van der Waals surface area contributed by atoms with Gasteiger partial charge in [-0.15, -0.1) is 0 Å². The van der Waals surface area contributed by atoms with Crippen molar-refractivity contribution < 1.29 is 0 Å². The average Bonchev–Trinajstić information content (AvgIpc) is 2.34. The Morgan fingerprint density at radius 1 is 1.60 bits per heavy atom. The van der Waals surface area contributed by atoms with E-state index < -0.39 is 0 Å². The molecule has 0 unspecified atom stereocenters. The van der Waals surface area contributed by atoms with Crippen molar-refractivity contribution in [2.24, 2.45) is 0 Å². The lowest BCUT2D eigenvalue weighted by molar-refractivity contribution is 0.412. The third-order valence-corrected chi connectivity index (χ3v) is 1.38. The molecule has 0 aliphatic rings. The quantitative estimate of drug-likeness (QED) is 0.661. The fraction of sp³-hybridized carbons (Fsp3) is 0.571. The van der Waals surface area contributed by atoms with E-state index in [-0.39, 0.29) is 0 Å². The minimum absolute atomic E-state index is 1.05. The van der Waals surface area contributed by atoms with Gasteiger partial charge < -0.3 is 9.88 Å². The van der Waals surface area contributed by atoms with Gasteiger partial charge in [0.1, 0.15) is 0 Å². The van der Waals surface area contributed by atoms with Gasteiger partial charge in [-0.2, -0.15) is 0 Å². The van der Waals surface area contributed by atoms with Gasteiger partial charge >= 0.3 is 0 Å². The van der Waals surface area contributed by atoms with Crippen LogP contribution in [0.4, 0.5) is 0 Å². The van der Waals surface area contributed by atoms with Gasteiger partial charge in [-0.05, 0) is 14.1 Å². The molecule has 1 rings (SSSR count). The summed E-state index contributed by atoms with van der Waals surface area (Å²) in [6.07, 6.45) is 4.63. The van der Waals surface area contributed by atoms with Crippen molar-refractivity contribution in [1.82, 2.24) is 14.9 Å². The number of aromatic nitrogens is 2. The zero-order chi connectivity index (χ0) is 7.40. The molecule has 0 amide bonds. The van der Waals surface area contributed by atoms with E-state index in [0.717, 1.165) is 13.0 Å². The summed E-state index contributed by atoms with van der Waals surface area (Å²) in [6.45, 7) is 1.07. The van der Waals surface area contributed by atoms with E-state index in [9.17, 15) is 0 Å². The zero-order valence-electron chi connectivity index (χ0n) is 6.46. The molecule has 1 N–H and O–H groups in total. The van der Waals surface area contributed by atoms with Gasteiger partial charge in [0.15, 0.2) is 0 Å². The molecule has 56 valence electrons. The van der Waals surface area contributed by atoms with Crippen molar-refractivity contribution in [2.45, 2.75) is 6.42 Å². The maximum absolute atomic E-state index is 3.93. The van der Waals surface area contributed by atoms with Crippen molar-refractivity contribution >= 4 is 0 Å². The van der Waals surface area contributed by atoms with Crippen LogP contribution in [0.25, 0.3) is 0 Å². The molecule has 0 saturated heterocycles. The van der Waals surface area contributed by atoms with Gasteiger partial charge in [0.25, 0.3) is 0 Å². The summed E-state index contributed by atoms with van der Waals surface area (Å²) in [7, 11) is 4.13. The number of imidazole rings is 1. The molecule has 0 aromatic carbocycles. The lowest BCUT2D eigenvalue weighted by atomic mass is 10.3. The number of nitrogens with zero attached hydrogens (tertiary/aromatic N) is 2. The minimum atomic E-state index is 1.05. The first-order valence-electron chi connectivity index (χ1n) is 3.41. The van der Waals surface area contributed by atoms with Crippen LogP contribution in [0.5, 0.6) is 0 Å². The first-order valence-corrected chi connectivity index (χ1v) is 3.41. The molecule has 0 atom stereocenters. The van der Waals surface area contributed by atoms with E-state index >= 15 is 0 Å². The summed E-state index contributed by atoms with van der Waals surface area (Å²) in [6, 6.07) is 0. The molecular weight excluding hydrogens is 126 g/mol. The predicted octanol–water partition coefficient (Wildman–Crippen LogP) is 0.514. The highest BCUT2D eigenvalue weighted by Gasteiger charge is 1.93. The summed E-state index contributed by atoms with van der Waals surface area (Å²) < 4.78 is 0. The Hall–Kier alpha value is -0.830. The molecule has 10 heavy (non-hydrogen) atoms. The minimum Gasteiger partial charge on any atom is -0.348 e. The van der Waals surface area contributed by atoms with E-state index in [0.29, 0.717) is 0 Å². The van der Waals surface area contributed by atoms with Gasteiger partial charge in [0.05, 0.1) is 6.33 Å². The van der Waals surface area contributed by atoms with E-state index in [1.54, 1.807) is 6.33 Å². The second-order valence-corrected chi connectivity index (χ2v) is 2.63. The highest BCUT2D eigenvalue weighted by atomic mass is 15.0. The molecule has 0 saturated carbocycles. The lowest BCUT2D eigenvalue weighted by Gasteiger charge is -2.06. The largest absolute Gasteiger partial charge is 0.348 e. The fourth-order valence-electron chi connectivity index (χ4n) is 0.765. The van der Waals surface area contributed by atoms with Crippen molar-refractivity contribution in [3.05, 3.63) is 18.2 Å². The molecule has 0 spiro atoms. The van der Waals surface area contributed by atoms with Gasteiger partial charge in [0.2, 0.25) is 0 Å². The molecule has 3 heteroatoms. The van der Waals surface area contributed by atoms with E-state index in [1.165, 1.54) is 5.69 Å². The van der Waals surface area contributed by atoms with Crippen LogP contribution in [0.1, 0.15) is 5.69 Å². The van der Waals surface area contributed by atoms with Crippen LogP contribution < -0.4 is 0 Å². The zero-order valence-corrected chi connectivity index (χ0v) is 6.46. The van der Waals surface area contributed by atoms with Gasteiger partial charge in [-0.25, -0.2) is 4.98 Å². The maximum Gasteiger partial charge on any atom is 0.0921 e. The van der Waals surface area contributed by atoms with Gasteiger partial charge in [-0.1, -0.05) is 0 Å². The maximum atomic E-state index is 3.93. The SMILES string of the molecule is CN(C)CCc1cnc[nH]1. The topological polar surface area (TPSA) is 31.9 Å². The van der Waals surface area contributed by atoms with Gasteiger partial charge in [-0.3, -0.25) is 0 Å². The second kappa shape index (κ2) is 3.37. The number of hydrogen-bond acceptors (Lipinski definition) is 2. The predicted molar refractivity (Wildman–Crippen MR) is 40.8 cm³/mol. The second-order valence-electron chi connectivity index (χ2n) is 2.63. The smallest absolute Gasteiger partial charge is 0.0921 e. The molecule has 1 aromatic heterocycles. The normalized spacial score (nSPS) is 10.7. The van der Waals surface area contributed by atoms with Crippen LogP contribution in [-0.2, 0) is 6.42 Å². The molecule has 0 radical (unpaired) electrons. The van der Waals surface area contributed by atoms with E-state index in [2.05, 4.69) is 29.0 Å². The monoisotopic (exact) mass is 139 g/mol. The molecular formula is C7H13N3. The third kappa shape index (κ3) is 2.19. The Balaban J connectivity index is 2.28. The highest BCUT2D eigenvalue weighted by molar-refractivity contribution is 4.94. The number of aromatic amines is 1. The summed E-state index contributed by atoms with van der Waals surface area (Å²) in [5.74, 6) is 0.